The number of nitrogens with one attached hydrogen (secondary N) is 1. The Morgan fingerprint density at radius 3 is 2.45 bits per heavy atom. The van der Waals surface area contributed by atoms with Gasteiger partial charge in [0.05, 0.1) is 5.02 Å². The van der Waals surface area contributed by atoms with Crippen LogP contribution in [0.25, 0.3) is 0 Å². The van der Waals surface area contributed by atoms with Crippen molar-refractivity contribution in [1.82, 2.24) is 0 Å². The fourth-order valence-corrected chi connectivity index (χ4v) is 2.05. The molecule has 6 heteroatoms. The van der Waals surface area contributed by atoms with Crippen molar-refractivity contribution < 1.29 is 9.53 Å². The summed E-state index contributed by atoms with van der Waals surface area (Å²) in [6.45, 7) is 1.80. The van der Waals surface area contributed by atoms with Crippen molar-refractivity contribution in [1.29, 1.82) is 0 Å². The van der Waals surface area contributed by atoms with E-state index in [9.17, 15) is 4.79 Å². The molecule has 3 nitrogen and oxygen atoms in total. The number of benzene rings is 2. The second-order valence-electron chi connectivity index (χ2n) is 3.98. The molecule has 0 aliphatic rings. The molecule has 0 saturated heterocycles. The first kappa shape index (κ1) is 15.0. The number of amides is 1. The van der Waals surface area contributed by atoms with E-state index < -0.39 is 6.09 Å². The lowest BCUT2D eigenvalue weighted by molar-refractivity contribution is 0.215. The van der Waals surface area contributed by atoms with E-state index in [1.54, 1.807) is 43.3 Å². The molecule has 0 saturated carbocycles. The lowest BCUT2D eigenvalue weighted by Gasteiger charge is -2.11. The summed E-state index contributed by atoms with van der Waals surface area (Å²) < 4.78 is 5.12. The minimum absolute atomic E-state index is 0.187. The zero-order valence-corrected chi connectivity index (χ0v) is 12.7. The van der Waals surface area contributed by atoms with Crippen molar-refractivity contribution in [2.45, 2.75) is 6.92 Å². The van der Waals surface area contributed by atoms with Crippen LogP contribution in [-0.2, 0) is 0 Å². The molecule has 0 fully saturated rings. The van der Waals surface area contributed by atoms with Crippen molar-refractivity contribution in [3.8, 4) is 5.75 Å². The third-order valence-electron chi connectivity index (χ3n) is 2.62. The minimum Gasteiger partial charge on any atom is -0.408 e. The molecule has 0 atom stereocenters. The van der Waals surface area contributed by atoms with Gasteiger partial charge in [-0.2, -0.15) is 0 Å². The van der Waals surface area contributed by atoms with Gasteiger partial charge in [-0.15, -0.1) is 0 Å². The molecular formula is C14H10Cl3NO2. The lowest BCUT2D eigenvalue weighted by atomic mass is 10.2. The number of carbonyl (C=O) groups excluding carboxylic acids is 1. The van der Waals surface area contributed by atoms with Crippen LogP contribution in [0.2, 0.25) is 15.1 Å². The molecule has 2 rings (SSSR count). The van der Waals surface area contributed by atoms with Crippen LogP contribution in [0, 0.1) is 6.92 Å². The van der Waals surface area contributed by atoms with Gasteiger partial charge in [-0.3, -0.25) is 5.32 Å². The number of anilines is 1. The van der Waals surface area contributed by atoms with E-state index in [0.717, 1.165) is 5.56 Å². The highest BCUT2D eigenvalue weighted by molar-refractivity contribution is 6.43. The molecule has 1 N–H and O–H groups in total. The highest BCUT2D eigenvalue weighted by Gasteiger charge is 2.12. The summed E-state index contributed by atoms with van der Waals surface area (Å²) in [6, 6.07) is 10.00. The molecule has 104 valence electrons. The largest absolute Gasteiger partial charge is 0.417 e. The van der Waals surface area contributed by atoms with Gasteiger partial charge in [0.15, 0.2) is 5.75 Å². The topological polar surface area (TPSA) is 38.3 Å². The van der Waals surface area contributed by atoms with Crippen LogP contribution < -0.4 is 10.1 Å². The van der Waals surface area contributed by atoms with Crippen molar-refractivity contribution >= 4 is 46.6 Å². The molecule has 0 aromatic heterocycles. The first-order chi connectivity index (χ1) is 9.49. The van der Waals surface area contributed by atoms with Crippen molar-refractivity contribution in [3.05, 3.63) is 57.0 Å². The Bertz CT molecular complexity index is 603. The molecule has 0 spiro atoms. The predicted octanol–water partition coefficient (Wildman–Crippen LogP) is 5.57. The zero-order valence-electron chi connectivity index (χ0n) is 10.4. The standard InChI is InChI=1S/C14H10Cl3NO2/c1-8-9(15)4-2-6-11(8)18-14(19)20-12-7-3-5-10(16)13(12)17/h2-7H,1H3,(H,18,19). The van der Waals surface area contributed by atoms with Gasteiger partial charge in [-0.1, -0.05) is 46.9 Å². The van der Waals surface area contributed by atoms with Gasteiger partial charge < -0.3 is 4.74 Å². The number of ether oxygens (including phenoxy) is 1. The summed E-state index contributed by atoms with van der Waals surface area (Å²) in [5.74, 6) is 0.191. The number of halogens is 3. The van der Waals surface area contributed by atoms with Crippen LogP contribution in [0.1, 0.15) is 5.56 Å². The Balaban J connectivity index is 2.13. The molecule has 0 heterocycles. The third kappa shape index (κ3) is 3.37. The van der Waals surface area contributed by atoms with Crippen LogP contribution in [0.5, 0.6) is 5.75 Å². The molecule has 1 amide bonds. The first-order valence-electron chi connectivity index (χ1n) is 5.67. The van der Waals surface area contributed by atoms with Gasteiger partial charge in [0.2, 0.25) is 0 Å². The summed E-state index contributed by atoms with van der Waals surface area (Å²) in [7, 11) is 0. The van der Waals surface area contributed by atoms with E-state index in [0.29, 0.717) is 15.7 Å². The number of hydrogen-bond donors (Lipinski definition) is 1. The molecule has 20 heavy (non-hydrogen) atoms. The maximum absolute atomic E-state index is 11.8. The summed E-state index contributed by atoms with van der Waals surface area (Å²) in [5, 5.41) is 3.66. The van der Waals surface area contributed by atoms with Gasteiger partial charge in [-0.05, 0) is 36.8 Å². The van der Waals surface area contributed by atoms with Crippen molar-refractivity contribution in [2.75, 3.05) is 5.32 Å². The Hall–Kier alpha value is -1.42. The average Bonchev–Trinajstić information content (AvgIpc) is 2.40. The van der Waals surface area contributed by atoms with E-state index >= 15 is 0 Å². The number of rotatable bonds is 2. The molecule has 0 radical (unpaired) electrons. The van der Waals surface area contributed by atoms with Crippen molar-refractivity contribution in [3.63, 3.8) is 0 Å². The second kappa shape index (κ2) is 6.35. The van der Waals surface area contributed by atoms with Gasteiger partial charge in [0.1, 0.15) is 5.02 Å². The monoisotopic (exact) mass is 329 g/mol. The predicted molar refractivity (Wildman–Crippen MR) is 82.3 cm³/mol. The maximum atomic E-state index is 11.8. The highest BCUT2D eigenvalue weighted by Crippen LogP contribution is 2.32. The minimum atomic E-state index is -0.667. The quantitative estimate of drug-likeness (QED) is 0.782. The average molecular weight is 331 g/mol. The summed E-state index contributed by atoms with van der Waals surface area (Å²) in [5.41, 5.74) is 1.32. The Labute approximate surface area is 131 Å². The normalized spacial score (nSPS) is 10.2. The number of hydrogen-bond acceptors (Lipinski definition) is 2. The van der Waals surface area contributed by atoms with E-state index in [1.165, 1.54) is 0 Å². The van der Waals surface area contributed by atoms with Crippen LogP contribution in [0.3, 0.4) is 0 Å². The van der Waals surface area contributed by atoms with E-state index in [2.05, 4.69) is 5.32 Å². The molecule has 2 aromatic carbocycles. The Kier molecular flexibility index (Phi) is 4.76. The van der Waals surface area contributed by atoms with Crippen molar-refractivity contribution in [2.24, 2.45) is 0 Å². The molecule has 0 unspecified atom stereocenters. The van der Waals surface area contributed by atoms with Gasteiger partial charge in [0, 0.05) is 10.7 Å². The third-order valence-corrected chi connectivity index (χ3v) is 3.83. The van der Waals surface area contributed by atoms with Crippen LogP contribution >= 0.6 is 34.8 Å². The fraction of sp³-hybridized carbons (Fsp3) is 0.0714. The molecule has 0 aliphatic heterocycles. The van der Waals surface area contributed by atoms with E-state index in [-0.39, 0.29) is 10.8 Å². The van der Waals surface area contributed by atoms with Gasteiger partial charge >= 0.3 is 6.09 Å². The Morgan fingerprint density at radius 2 is 1.70 bits per heavy atom. The van der Waals surface area contributed by atoms with Crippen LogP contribution in [0.15, 0.2) is 36.4 Å². The molecular weight excluding hydrogens is 321 g/mol. The van der Waals surface area contributed by atoms with Crippen LogP contribution in [0.4, 0.5) is 10.5 Å². The van der Waals surface area contributed by atoms with E-state index in [1.807, 2.05) is 0 Å². The molecule has 2 aromatic rings. The first-order valence-corrected chi connectivity index (χ1v) is 6.80. The summed E-state index contributed by atoms with van der Waals surface area (Å²) in [4.78, 5) is 11.8. The van der Waals surface area contributed by atoms with Gasteiger partial charge in [-0.25, -0.2) is 4.79 Å². The highest BCUT2D eigenvalue weighted by atomic mass is 35.5. The molecule has 0 aliphatic carbocycles. The smallest absolute Gasteiger partial charge is 0.408 e. The second-order valence-corrected chi connectivity index (χ2v) is 5.17. The summed E-state index contributed by atoms with van der Waals surface area (Å²) in [6.07, 6.45) is -0.667. The zero-order chi connectivity index (χ0) is 14.7. The summed E-state index contributed by atoms with van der Waals surface area (Å²) >= 11 is 17.8. The Morgan fingerprint density at radius 1 is 1.05 bits per heavy atom. The van der Waals surface area contributed by atoms with Gasteiger partial charge in [0.25, 0.3) is 0 Å². The van der Waals surface area contributed by atoms with Crippen LogP contribution in [-0.4, -0.2) is 6.09 Å². The van der Waals surface area contributed by atoms with E-state index in [4.69, 9.17) is 39.5 Å². The molecule has 0 bridgehead atoms. The SMILES string of the molecule is Cc1c(Cl)cccc1NC(=O)Oc1cccc(Cl)c1Cl. The lowest BCUT2D eigenvalue weighted by Crippen LogP contribution is -2.17. The number of carbonyl (C=O) groups is 1. The maximum Gasteiger partial charge on any atom is 0.417 e. The fourth-order valence-electron chi connectivity index (χ4n) is 1.54.